The van der Waals surface area contributed by atoms with Crippen LogP contribution in [0.25, 0.3) is 10.9 Å². The summed E-state index contributed by atoms with van der Waals surface area (Å²) in [6, 6.07) is 21.6. The van der Waals surface area contributed by atoms with Crippen LogP contribution in [-0.2, 0) is 22.6 Å². The molecule has 0 fully saturated rings. The Morgan fingerprint density at radius 1 is 1.03 bits per heavy atom. The van der Waals surface area contributed by atoms with E-state index in [1.54, 1.807) is 12.1 Å². The fraction of sp³-hybridized carbons (Fsp3) is 0.154. The average molecular weight is 462 g/mol. The molecule has 3 aromatic carbocycles. The van der Waals surface area contributed by atoms with E-state index < -0.39 is 12.1 Å². The molecule has 0 radical (unpaired) electrons. The van der Waals surface area contributed by atoms with Crippen molar-refractivity contribution in [3.05, 3.63) is 101 Å². The number of hydrogen-bond acceptors (Lipinski definition) is 3. The number of ether oxygens (including phenoxy) is 1. The maximum atomic E-state index is 13.2. The van der Waals surface area contributed by atoms with Gasteiger partial charge in [-0.2, -0.15) is 0 Å². The van der Waals surface area contributed by atoms with E-state index in [4.69, 9.17) is 16.3 Å². The molecule has 0 spiro atoms. The average Bonchev–Trinajstić information content (AvgIpc) is 3.23. The summed E-state index contributed by atoms with van der Waals surface area (Å²) in [5.74, 6) is -0.359. The zero-order valence-corrected chi connectivity index (χ0v) is 18.9. The van der Waals surface area contributed by atoms with Crippen LogP contribution < -0.4 is 10.6 Å². The first-order valence-corrected chi connectivity index (χ1v) is 11.0. The Kier molecular flexibility index (Phi) is 6.95. The van der Waals surface area contributed by atoms with Gasteiger partial charge in [-0.25, -0.2) is 4.79 Å². The quantitative estimate of drug-likeness (QED) is 0.334. The maximum absolute atomic E-state index is 13.2. The number of halogens is 1. The van der Waals surface area contributed by atoms with Gasteiger partial charge in [0.05, 0.1) is 0 Å². The normalized spacial score (nSPS) is 11.7. The number of rotatable bonds is 7. The predicted molar refractivity (Wildman–Crippen MR) is 130 cm³/mol. The van der Waals surface area contributed by atoms with Crippen LogP contribution in [0.3, 0.4) is 0 Å². The molecule has 1 aromatic heterocycles. The molecule has 0 saturated carbocycles. The van der Waals surface area contributed by atoms with E-state index in [1.807, 2.05) is 73.8 Å². The lowest BCUT2D eigenvalue weighted by atomic mass is 10.0. The number of hydrogen-bond donors (Lipinski definition) is 3. The Bertz CT molecular complexity index is 1270. The summed E-state index contributed by atoms with van der Waals surface area (Å²) in [6.45, 7) is 1.99. The summed E-state index contributed by atoms with van der Waals surface area (Å²) in [4.78, 5) is 29.0. The number of aromatic amines is 1. The summed E-state index contributed by atoms with van der Waals surface area (Å²) in [5.41, 5.74) is 4.20. The van der Waals surface area contributed by atoms with E-state index in [-0.39, 0.29) is 18.9 Å². The van der Waals surface area contributed by atoms with E-state index >= 15 is 0 Å². The Balaban J connectivity index is 1.52. The number of anilines is 1. The molecular weight excluding hydrogens is 438 g/mol. The molecule has 6 nitrogen and oxygen atoms in total. The number of H-pyrrole nitrogens is 1. The number of benzene rings is 3. The molecule has 7 heteroatoms. The van der Waals surface area contributed by atoms with Gasteiger partial charge in [0.2, 0.25) is 5.91 Å². The standard InChI is InChI=1S/C26H24ClN3O3/c1-17-11-12-20(27)14-23(17)29-25(31)24(13-19-15-28-22-10-6-5-9-21(19)22)30-26(32)33-16-18-7-3-2-4-8-18/h2-12,14-15,24,28H,13,16H2,1H3,(H,29,31)(H,30,32)/t24-/m0/s1. The topological polar surface area (TPSA) is 83.2 Å². The molecule has 4 rings (SSSR count). The summed E-state index contributed by atoms with van der Waals surface area (Å²) in [6.07, 6.45) is 1.48. The second kappa shape index (κ2) is 10.2. The van der Waals surface area contributed by atoms with Gasteiger partial charge in [-0.05, 0) is 41.8 Å². The number of carbonyl (C=O) groups excluding carboxylic acids is 2. The van der Waals surface area contributed by atoms with E-state index in [1.165, 1.54) is 0 Å². The van der Waals surface area contributed by atoms with Crippen LogP contribution in [0.1, 0.15) is 16.7 Å². The van der Waals surface area contributed by atoms with Gasteiger partial charge in [0, 0.05) is 34.2 Å². The third-order valence-electron chi connectivity index (χ3n) is 5.38. The molecule has 0 unspecified atom stereocenters. The van der Waals surface area contributed by atoms with Crippen molar-refractivity contribution in [3.63, 3.8) is 0 Å². The van der Waals surface area contributed by atoms with Crippen LogP contribution >= 0.6 is 11.6 Å². The van der Waals surface area contributed by atoms with E-state index in [0.29, 0.717) is 10.7 Å². The third-order valence-corrected chi connectivity index (χ3v) is 5.61. The molecule has 0 saturated heterocycles. The second-order valence-corrected chi connectivity index (χ2v) is 8.21. The number of carbonyl (C=O) groups is 2. The van der Waals surface area contributed by atoms with Gasteiger partial charge in [0.1, 0.15) is 12.6 Å². The van der Waals surface area contributed by atoms with E-state index in [9.17, 15) is 9.59 Å². The van der Waals surface area contributed by atoms with Crippen molar-refractivity contribution in [1.82, 2.24) is 10.3 Å². The fourth-order valence-corrected chi connectivity index (χ4v) is 3.76. The minimum Gasteiger partial charge on any atom is -0.445 e. The van der Waals surface area contributed by atoms with Crippen LogP contribution in [0.4, 0.5) is 10.5 Å². The van der Waals surface area contributed by atoms with Crippen molar-refractivity contribution >= 4 is 40.2 Å². The lowest BCUT2D eigenvalue weighted by molar-refractivity contribution is -0.118. The summed E-state index contributed by atoms with van der Waals surface area (Å²) in [7, 11) is 0. The van der Waals surface area contributed by atoms with Crippen LogP contribution in [0.15, 0.2) is 79.0 Å². The van der Waals surface area contributed by atoms with E-state index in [0.717, 1.165) is 27.6 Å². The lowest BCUT2D eigenvalue weighted by Crippen LogP contribution is -2.45. The first kappa shape index (κ1) is 22.4. The highest BCUT2D eigenvalue weighted by Gasteiger charge is 2.24. The molecule has 0 aliphatic heterocycles. The molecule has 0 aliphatic carbocycles. The minimum absolute atomic E-state index is 0.113. The fourth-order valence-electron chi connectivity index (χ4n) is 3.59. The van der Waals surface area contributed by atoms with Crippen molar-refractivity contribution in [2.75, 3.05) is 5.32 Å². The van der Waals surface area contributed by atoms with Gasteiger partial charge in [-0.3, -0.25) is 4.79 Å². The van der Waals surface area contributed by atoms with Crippen LogP contribution in [-0.4, -0.2) is 23.0 Å². The molecular formula is C26H24ClN3O3. The van der Waals surface area contributed by atoms with Crippen LogP contribution in [0, 0.1) is 6.92 Å². The van der Waals surface area contributed by atoms with Crippen molar-refractivity contribution in [3.8, 4) is 0 Å². The predicted octanol–water partition coefficient (Wildman–Crippen LogP) is 5.61. The summed E-state index contributed by atoms with van der Waals surface area (Å²) < 4.78 is 5.35. The first-order chi connectivity index (χ1) is 16.0. The van der Waals surface area contributed by atoms with Crippen molar-refractivity contribution in [2.45, 2.75) is 26.0 Å². The maximum Gasteiger partial charge on any atom is 0.408 e. The van der Waals surface area contributed by atoms with Crippen molar-refractivity contribution < 1.29 is 14.3 Å². The van der Waals surface area contributed by atoms with Crippen molar-refractivity contribution in [2.24, 2.45) is 0 Å². The number of aryl methyl sites for hydroxylation is 1. The highest BCUT2D eigenvalue weighted by molar-refractivity contribution is 6.31. The van der Waals surface area contributed by atoms with Crippen LogP contribution in [0.5, 0.6) is 0 Å². The van der Waals surface area contributed by atoms with Gasteiger partial charge in [0.15, 0.2) is 0 Å². The van der Waals surface area contributed by atoms with Crippen LogP contribution in [0.2, 0.25) is 5.02 Å². The lowest BCUT2D eigenvalue weighted by Gasteiger charge is -2.19. The Morgan fingerprint density at radius 3 is 2.61 bits per heavy atom. The minimum atomic E-state index is -0.856. The Hall–Kier alpha value is -3.77. The molecule has 1 atom stereocenters. The monoisotopic (exact) mass is 461 g/mol. The Labute approximate surface area is 196 Å². The largest absolute Gasteiger partial charge is 0.445 e. The number of nitrogens with one attached hydrogen (secondary N) is 3. The zero-order valence-electron chi connectivity index (χ0n) is 18.1. The number of fused-ring (bicyclic) bond motifs is 1. The highest BCUT2D eigenvalue weighted by atomic mass is 35.5. The molecule has 4 aromatic rings. The third kappa shape index (κ3) is 5.73. The van der Waals surface area contributed by atoms with Gasteiger partial charge in [-0.1, -0.05) is 66.2 Å². The molecule has 0 aliphatic rings. The zero-order chi connectivity index (χ0) is 23.2. The molecule has 2 amide bonds. The molecule has 33 heavy (non-hydrogen) atoms. The number of aromatic nitrogens is 1. The summed E-state index contributed by atoms with van der Waals surface area (Å²) >= 11 is 6.10. The molecule has 0 bridgehead atoms. The van der Waals surface area contributed by atoms with E-state index in [2.05, 4.69) is 15.6 Å². The highest BCUT2D eigenvalue weighted by Crippen LogP contribution is 2.22. The molecule has 168 valence electrons. The van der Waals surface area contributed by atoms with Gasteiger partial charge in [0.25, 0.3) is 0 Å². The Morgan fingerprint density at radius 2 is 1.79 bits per heavy atom. The van der Waals surface area contributed by atoms with Crippen molar-refractivity contribution in [1.29, 1.82) is 0 Å². The molecule has 1 heterocycles. The molecule has 3 N–H and O–H groups in total. The number of alkyl carbamates (subject to hydrolysis) is 1. The van der Waals surface area contributed by atoms with Gasteiger partial charge < -0.3 is 20.4 Å². The smallest absolute Gasteiger partial charge is 0.408 e. The number of amides is 2. The summed E-state index contributed by atoms with van der Waals surface area (Å²) in [5, 5.41) is 7.12. The van der Waals surface area contributed by atoms with Gasteiger partial charge in [-0.15, -0.1) is 0 Å². The SMILES string of the molecule is Cc1ccc(Cl)cc1NC(=O)[C@H](Cc1c[nH]c2ccccc12)NC(=O)OCc1ccccc1. The second-order valence-electron chi connectivity index (χ2n) is 7.77. The first-order valence-electron chi connectivity index (χ1n) is 10.6. The van der Waals surface area contributed by atoms with Gasteiger partial charge >= 0.3 is 6.09 Å². The number of para-hydroxylation sites is 1.